The van der Waals surface area contributed by atoms with Crippen LogP contribution in [0.4, 0.5) is 10.2 Å². The van der Waals surface area contributed by atoms with Crippen molar-refractivity contribution in [1.82, 2.24) is 15.0 Å². The average Bonchev–Trinajstić information content (AvgIpc) is 2.33. The number of nitrogens with one attached hydrogen (secondary N) is 2. The molecule has 5 nitrogen and oxygen atoms in total. The van der Waals surface area contributed by atoms with Crippen molar-refractivity contribution in [3.05, 3.63) is 52.1 Å². The van der Waals surface area contributed by atoms with E-state index in [1.54, 1.807) is 25.4 Å². The molecular weight excluding hydrogens is 223 g/mol. The number of anilines is 1. The Morgan fingerprint density at radius 2 is 2.35 bits per heavy atom. The van der Waals surface area contributed by atoms with E-state index in [0.29, 0.717) is 12.4 Å². The fourth-order valence-electron chi connectivity index (χ4n) is 1.39. The predicted octanol–water partition coefficient (Wildman–Crippen LogP) is 1.22. The van der Waals surface area contributed by atoms with Gasteiger partial charge in [-0.25, -0.2) is 0 Å². The molecule has 88 valence electrons. The maximum Gasteiger partial charge on any atom is 0.311 e. The van der Waals surface area contributed by atoms with Gasteiger partial charge in [-0.1, -0.05) is 6.07 Å². The lowest BCUT2D eigenvalue weighted by atomic mass is 10.3. The number of halogens is 1. The SMILES string of the molecule is Cc1nc(=O)c(F)c(NCc2cccnc2)[nH]1. The first-order valence-corrected chi connectivity index (χ1v) is 5.06. The molecule has 2 aromatic heterocycles. The van der Waals surface area contributed by atoms with E-state index in [9.17, 15) is 9.18 Å². The minimum atomic E-state index is -0.903. The summed E-state index contributed by atoms with van der Waals surface area (Å²) in [6, 6.07) is 3.64. The highest BCUT2D eigenvalue weighted by Gasteiger charge is 2.08. The number of rotatable bonds is 3. The molecule has 0 saturated carbocycles. The molecule has 0 radical (unpaired) electrons. The lowest BCUT2D eigenvalue weighted by Crippen LogP contribution is -2.17. The van der Waals surface area contributed by atoms with Crippen LogP contribution in [-0.2, 0) is 6.54 Å². The highest BCUT2D eigenvalue weighted by Crippen LogP contribution is 2.07. The molecule has 0 aromatic carbocycles. The Labute approximate surface area is 96.8 Å². The van der Waals surface area contributed by atoms with Crippen LogP contribution in [0.1, 0.15) is 11.4 Å². The van der Waals surface area contributed by atoms with Gasteiger partial charge in [0, 0.05) is 18.9 Å². The molecule has 17 heavy (non-hydrogen) atoms. The summed E-state index contributed by atoms with van der Waals surface area (Å²) >= 11 is 0. The van der Waals surface area contributed by atoms with Gasteiger partial charge in [0.15, 0.2) is 0 Å². The largest absolute Gasteiger partial charge is 0.365 e. The zero-order valence-corrected chi connectivity index (χ0v) is 9.20. The van der Waals surface area contributed by atoms with Gasteiger partial charge in [-0.05, 0) is 18.6 Å². The molecule has 6 heteroatoms. The molecule has 0 bridgehead atoms. The number of aryl methyl sites for hydroxylation is 1. The van der Waals surface area contributed by atoms with Crippen LogP contribution >= 0.6 is 0 Å². The Morgan fingerprint density at radius 3 is 3.06 bits per heavy atom. The monoisotopic (exact) mass is 234 g/mol. The van der Waals surface area contributed by atoms with Crippen LogP contribution in [0.3, 0.4) is 0 Å². The molecule has 0 aliphatic heterocycles. The van der Waals surface area contributed by atoms with Crippen LogP contribution < -0.4 is 10.9 Å². The third kappa shape index (κ3) is 2.66. The van der Waals surface area contributed by atoms with Crippen molar-refractivity contribution in [2.75, 3.05) is 5.32 Å². The first-order chi connectivity index (χ1) is 8.16. The summed E-state index contributed by atoms with van der Waals surface area (Å²) in [6.45, 7) is 1.97. The first-order valence-electron chi connectivity index (χ1n) is 5.06. The normalized spacial score (nSPS) is 10.2. The molecular formula is C11H11FN4O. The molecule has 2 N–H and O–H groups in total. The average molecular weight is 234 g/mol. The zero-order chi connectivity index (χ0) is 12.3. The van der Waals surface area contributed by atoms with Crippen LogP contribution in [0, 0.1) is 12.7 Å². The molecule has 0 amide bonds. The van der Waals surface area contributed by atoms with Gasteiger partial charge >= 0.3 is 5.56 Å². The van der Waals surface area contributed by atoms with Crippen molar-refractivity contribution >= 4 is 5.82 Å². The summed E-state index contributed by atoms with van der Waals surface area (Å²) in [5.74, 6) is -0.490. The lowest BCUT2D eigenvalue weighted by molar-refractivity contribution is 0.600. The van der Waals surface area contributed by atoms with Gasteiger partial charge in [-0.15, -0.1) is 0 Å². The topological polar surface area (TPSA) is 70.7 Å². The third-order valence-corrected chi connectivity index (χ3v) is 2.17. The second-order valence-corrected chi connectivity index (χ2v) is 3.53. The highest BCUT2D eigenvalue weighted by molar-refractivity contribution is 5.35. The second-order valence-electron chi connectivity index (χ2n) is 3.53. The second kappa shape index (κ2) is 4.73. The first kappa shape index (κ1) is 11.3. The Morgan fingerprint density at radius 1 is 1.53 bits per heavy atom. The summed E-state index contributed by atoms with van der Waals surface area (Å²) in [6.07, 6.45) is 3.32. The third-order valence-electron chi connectivity index (χ3n) is 2.17. The van der Waals surface area contributed by atoms with Crippen LogP contribution in [0.15, 0.2) is 29.3 Å². The van der Waals surface area contributed by atoms with Crippen molar-refractivity contribution in [2.45, 2.75) is 13.5 Å². The Hall–Kier alpha value is -2.24. The predicted molar refractivity (Wildman–Crippen MR) is 61.1 cm³/mol. The standard InChI is InChI=1S/C11H11FN4O/c1-7-15-10(9(12)11(17)16-7)14-6-8-3-2-4-13-5-8/h2-5H,6H2,1H3,(H2,14,15,16,17). The van der Waals surface area contributed by atoms with Crippen LogP contribution in [-0.4, -0.2) is 15.0 Å². The minimum Gasteiger partial charge on any atom is -0.365 e. The maximum atomic E-state index is 13.4. The molecule has 0 spiro atoms. The molecule has 0 aliphatic rings. The zero-order valence-electron chi connectivity index (χ0n) is 9.20. The fraction of sp³-hybridized carbons (Fsp3) is 0.182. The Balaban J connectivity index is 2.17. The lowest BCUT2D eigenvalue weighted by Gasteiger charge is -2.07. The molecule has 2 aromatic rings. The van der Waals surface area contributed by atoms with Gasteiger partial charge in [-0.2, -0.15) is 9.37 Å². The minimum absolute atomic E-state index is 0.0475. The van der Waals surface area contributed by atoms with Gasteiger partial charge in [0.25, 0.3) is 0 Å². The number of aromatic nitrogens is 3. The molecule has 2 rings (SSSR count). The van der Waals surface area contributed by atoms with E-state index in [-0.39, 0.29) is 5.82 Å². The van der Waals surface area contributed by atoms with E-state index >= 15 is 0 Å². The van der Waals surface area contributed by atoms with Gasteiger partial charge < -0.3 is 10.3 Å². The number of hydrogen-bond donors (Lipinski definition) is 2. The number of pyridine rings is 1. The van der Waals surface area contributed by atoms with Crippen molar-refractivity contribution in [3.8, 4) is 0 Å². The number of H-pyrrole nitrogens is 1. The van der Waals surface area contributed by atoms with Crippen molar-refractivity contribution in [1.29, 1.82) is 0 Å². The maximum absolute atomic E-state index is 13.4. The van der Waals surface area contributed by atoms with E-state index < -0.39 is 11.4 Å². The Kier molecular flexibility index (Phi) is 3.13. The molecule has 0 atom stereocenters. The Bertz CT molecular complexity index is 567. The summed E-state index contributed by atoms with van der Waals surface area (Å²) in [4.78, 5) is 21.2. The van der Waals surface area contributed by atoms with Gasteiger partial charge in [0.1, 0.15) is 11.6 Å². The number of aromatic amines is 1. The molecule has 0 saturated heterocycles. The van der Waals surface area contributed by atoms with Gasteiger partial charge in [0.05, 0.1) is 0 Å². The molecule has 2 heterocycles. The van der Waals surface area contributed by atoms with E-state index in [0.717, 1.165) is 5.56 Å². The highest BCUT2D eigenvalue weighted by atomic mass is 19.1. The van der Waals surface area contributed by atoms with Crippen LogP contribution in [0.2, 0.25) is 0 Å². The van der Waals surface area contributed by atoms with E-state index in [2.05, 4.69) is 20.3 Å². The van der Waals surface area contributed by atoms with Crippen LogP contribution in [0.5, 0.6) is 0 Å². The smallest absolute Gasteiger partial charge is 0.311 e. The molecule has 0 fully saturated rings. The summed E-state index contributed by atoms with van der Waals surface area (Å²) in [7, 11) is 0. The van der Waals surface area contributed by atoms with Crippen LogP contribution in [0.25, 0.3) is 0 Å². The van der Waals surface area contributed by atoms with E-state index in [1.807, 2.05) is 6.07 Å². The van der Waals surface area contributed by atoms with E-state index in [4.69, 9.17) is 0 Å². The number of nitrogens with zero attached hydrogens (tertiary/aromatic N) is 2. The van der Waals surface area contributed by atoms with E-state index in [1.165, 1.54) is 0 Å². The molecule has 0 aliphatic carbocycles. The molecule has 0 unspecified atom stereocenters. The van der Waals surface area contributed by atoms with Crippen molar-refractivity contribution < 1.29 is 4.39 Å². The summed E-state index contributed by atoms with van der Waals surface area (Å²) in [5.41, 5.74) is 0.0251. The van der Waals surface area contributed by atoms with Crippen molar-refractivity contribution in [2.24, 2.45) is 0 Å². The van der Waals surface area contributed by atoms with Crippen molar-refractivity contribution in [3.63, 3.8) is 0 Å². The fourth-order valence-corrected chi connectivity index (χ4v) is 1.39. The quantitative estimate of drug-likeness (QED) is 0.837. The van der Waals surface area contributed by atoms with Gasteiger partial charge in [0.2, 0.25) is 5.82 Å². The summed E-state index contributed by atoms with van der Waals surface area (Å²) in [5, 5.41) is 2.80. The van der Waals surface area contributed by atoms with Gasteiger partial charge in [-0.3, -0.25) is 9.78 Å². The number of hydrogen-bond acceptors (Lipinski definition) is 4. The summed E-state index contributed by atoms with van der Waals surface area (Å²) < 4.78 is 13.4.